The zero-order valence-electron chi connectivity index (χ0n) is 12.9. The summed E-state index contributed by atoms with van der Waals surface area (Å²) < 4.78 is 35.9. The Balaban J connectivity index is 2.08. The Morgan fingerprint density at radius 2 is 1.45 bits per heavy atom. The van der Waals surface area contributed by atoms with E-state index in [0.717, 1.165) is 49.7 Å². The van der Waals surface area contributed by atoms with Crippen molar-refractivity contribution in [3.8, 4) is 0 Å². The maximum atomic E-state index is 12.0. The lowest BCUT2D eigenvalue weighted by Gasteiger charge is -2.08. The Bertz CT molecular complexity index is 455. The Morgan fingerprint density at radius 3 is 2.05 bits per heavy atom. The molecule has 1 aromatic carbocycles. The van der Waals surface area contributed by atoms with Crippen LogP contribution in [0.2, 0.25) is 0 Å². The molecular formula is C17H25F3N2. The van der Waals surface area contributed by atoms with E-state index in [1.165, 1.54) is 0 Å². The van der Waals surface area contributed by atoms with E-state index in [2.05, 4.69) is 0 Å². The maximum Gasteiger partial charge on any atom is 0.389 e. The van der Waals surface area contributed by atoms with Gasteiger partial charge >= 0.3 is 6.18 Å². The molecule has 0 aliphatic heterocycles. The molecule has 0 unspecified atom stereocenters. The molecule has 0 atom stereocenters. The predicted molar refractivity (Wildman–Crippen MR) is 84.2 cm³/mol. The third-order valence-corrected chi connectivity index (χ3v) is 3.71. The fraction of sp³-hybridized carbons (Fsp3) is 0.588. The molecule has 0 bridgehead atoms. The van der Waals surface area contributed by atoms with Gasteiger partial charge in [0.2, 0.25) is 0 Å². The minimum atomic E-state index is -4.01. The number of aryl methyl sites for hydroxylation is 1. The van der Waals surface area contributed by atoms with Crippen LogP contribution in [-0.4, -0.2) is 12.0 Å². The lowest BCUT2D eigenvalue weighted by Crippen LogP contribution is -2.13. The van der Waals surface area contributed by atoms with E-state index >= 15 is 0 Å². The summed E-state index contributed by atoms with van der Waals surface area (Å²) in [5.41, 5.74) is 7.44. The van der Waals surface area contributed by atoms with E-state index in [4.69, 9.17) is 11.1 Å². The van der Waals surface area contributed by atoms with Gasteiger partial charge in [0.25, 0.3) is 0 Å². The largest absolute Gasteiger partial charge is 0.389 e. The average Bonchev–Trinajstić information content (AvgIpc) is 2.44. The van der Waals surface area contributed by atoms with Crippen LogP contribution < -0.4 is 5.73 Å². The Kier molecular flexibility index (Phi) is 7.99. The van der Waals surface area contributed by atoms with Gasteiger partial charge in [-0.05, 0) is 24.8 Å². The zero-order chi connectivity index (χ0) is 16.4. The molecule has 0 radical (unpaired) electrons. The SMILES string of the molecule is N=C(N)c1ccccc1CCCCCCCCCC(F)(F)F. The molecule has 22 heavy (non-hydrogen) atoms. The van der Waals surface area contributed by atoms with Gasteiger partial charge in [0.05, 0.1) is 0 Å². The van der Waals surface area contributed by atoms with E-state index in [-0.39, 0.29) is 12.3 Å². The second-order valence-corrected chi connectivity index (χ2v) is 5.66. The fourth-order valence-corrected chi connectivity index (χ4v) is 2.53. The molecule has 5 heteroatoms. The molecule has 124 valence electrons. The summed E-state index contributed by atoms with van der Waals surface area (Å²) >= 11 is 0. The molecule has 0 fully saturated rings. The molecule has 0 heterocycles. The standard InChI is InChI=1S/C17H25F3N2/c18-17(19,20)13-9-5-3-1-2-4-6-10-14-11-7-8-12-15(14)16(21)22/h7-8,11-12H,1-6,9-10,13H2,(H3,21,22). The van der Waals surface area contributed by atoms with Crippen molar-refractivity contribution in [1.29, 1.82) is 5.41 Å². The Morgan fingerprint density at radius 1 is 0.909 bits per heavy atom. The summed E-state index contributed by atoms with van der Waals surface area (Å²) in [7, 11) is 0. The first-order valence-electron chi connectivity index (χ1n) is 7.89. The number of hydrogen-bond donors (Lipinski definition) is 2. The van der Waals surface area contributed by atoms with Crippen molar-refractivity contribution in [2.45, 2.75) is 64.0 Å². The smallest absolute Gasteiger partial charge is 0.384 e. The highest BCUT2D eigenvalue weighted by atomic mass is 19.4. The van der Waals surface area contributed by atoms with Crippen LogP contribution in [-0.2, 0) is 6.42 Å². The molecule has 0 aromatic heterocycles. The zero-order valence-corrected chi connectivity index (χ0v) is 12.9. The minimum absolute atomic E-state index is 0.0975. The molecule has 3 N–H and O–H groups in total. The van der Waals surface area contributed by atoms with Gasteiger partial charge in [-0.15, -0.1) is 0 Å². The number of unbranched alkanes of at least 4 members (excludes halogenated alkanes) is 6. The van der Waals surface area contributed by atoms with Crippen molar-refractivity contribution in [2.75, 3.05) is 0 Å². The topological polar surface area (TPSA) is 49.9 Å². The minimum Gasteiger partial charge on any atom is -0.384 e. The summed E-state index contributed by atoms with van der Waals surface area (Å²) in [6, 6.07) is 7.68. The van der Waals surface area contributed by atoms with Gasteiger partial charge in [-0.25, -0.2) is 0 Å². The number of alkyl halides is 3. The average molecular weight is 314 g/mol. The summed E-state index contributed by atoms with van der Waals surface area (Å²) in [6.45, 7) is 0. The number of hydrogen-bond acceptors (Lipinski definition) is 1. The second kappa shape index (κ2) is 9.49. The van der Waals surface area contributed by atoms with Gasteiger partial charge in [0.1, 0.15) is 5.84 Å². The van der Waals surface area contributed by atoms with Crippen LogP contribution in [0.15, 0.2) is 24.3 Å². The normalized spacial score (nSPS) is 11.6. The quantitative estimate of drug-likeness (QED) is 0.348. The molecule has 0 saturated heterocycles. The van der Waals surface area contributed by atoms with Crippen molar-refractivity contribution in [3.63, 3.8) is 0 Å². The first-order valence-corrected chi connectivity index (χ1v) is 7.89. The van der Waals surface area contributed by atoms with Crippen LogP contribution in [0.1, 0.15) is 62.5 Å². The molecule has 0 saturated carbocycles. The van der Waals surface area contributed by atoms with E-state index in [9.17, 15) is 13.2 Å². The first kappa shape index (κ1) is 18.5. The lowest BCUT2D eigenvalue weighted by molar-refractivity contribution is -0.135. The third kappa shape index (κ3) is 8.05. The highest BCUT2D eigenvalue weighted by molar-refractivity contribution is 5.96. The first-order chi connectivity index (χ1) is 10.4. The van der Waals surface area contributed by atoms with E-state index < -0.39 is 12.6 Å². The van der Waals surface area contributed by atoms with Crippen LogP contribution in [0.3, 0.4) is 0 Å². The number of nitrogen functional groups attached to an aromatic ring is 1. The van der Waals surface area contributed by atoms with Crippen LogP contribution >= 0.6 is 0 Å². The van der Waals surface area contributed by atoms with E-state index in [1.54, 1.807) is 0 Å². The van der Waals surface area contributed by atoms with Crippen molar-refractivity contribution in [3.05, 3.63) is 35.4 Å². The number of amidine groups is 1. The van der Waals surface area contributed by atoms with Gasteiger partial charge in [-0.1, -0.05) is 56.4 Å². The van der Waals surface area contributed by atoms with Gasteiger partial charge in [0, 0.05) is 12.0 Å². The van der Waals surface area contributed by atoms with Crippen molar-refractivity contribution in [1.82, 2.24) is 0 Å². The van der Waals surface area contributed by atoms with Crippen LogP contribution in [0, 0.1) is 5.41 Å². The van der Waals surface area contributed by atoms with Crippen LogP contribution in [0.25, 0.3) is 0 Å². The molecule has 0 aliphatic carbocycles. The Hall–Kier alpha value is -1.52. The number of nitrogens with one attached hydrogen (secondary N) is 1. The van der Waals surface area contributed by atoms with E-state index in [1.807, 2.05) is 24.3 Å². The number of nitrogens with two attached hydrogens (primary N) is 1. The molecule has 1 aromatic rings. The summed E-state index contributed by atoms with van der Waals surface area (Å²) in [4.78, 5) is 0. The van der Waals surface area contributed by atoms with Crippen molar-refractivity contribution < 1.29 is 13.2 Å². The molecule has 0 amide bonds. The molecular weight excluding hydrogens is 289 g/mol. The fourth-order valence-electron chi connectivity index (χ4n) is 2.53. The number of rotatable bonds is 10. The number of halogens is 3. The van der Waals surface area contributed by atoms with Crippen molar-refractivity contribution in [2.24, 2.45) is 5.73 Å². The highest BCUT2D eigenvalue weighted by Gasteiger charge is 2.25. The highest BCUT2D eigenvalue weighted by Crippen LogP contribution is 2.23. The van der Waals surface area contributed by atoms with Crippen LogP contribution in [0.4, 0.5) is 13.2 Å². The Labute approximate surface area is 130 Å². The summed E-state index contributed by atoms with van der Waals surface area (Å²) in [5.74, 6) is 0.0975. The maximum absolute atomic E-state index is 12.0. The molecule has 0 aliphatic rings. The summed E-state index contributed by atoms with van der Waals surface area (Å²) in [6.07, 6.45) is 2.13. The van der Waals surface area contributed by atoms with Crippen molar-refractivity contribution >= 4 is 5.84 Å². The third-order valence-electron chi connectivity index (χ3n) is 3.71. The monoisotopic (exact) mass is 314 g/mol. The second-order valence-electron chi connectivity index (χ2n) is 5.66. The molecule has 0 spiro atoms. The van der Waals surface area contributed by atoms with Gasteiger partial charge in [0.15, 0.2) is 0 Å². The summed E-state index contributed by atoms with van der Waals surface area (Å²) in [5, 5.41) is 7.53. The molecule has 2 nitrogen and oxygen atoms in total. The lowest BCUT2D eigenvalue weighted by atomic mass is 9.99. The predicted octanol–water partition coefficient (Wildman–Crippen LogP) is 5.20. The molecule has 1 rings (SSSR count). The van der Waals surface area contributed by atoms with Crippen LogP contribution in [0.5, 0.6) is 0 Å². The number of benzene rings is 1. The van der Waals surface area contributed by atoms with Gasteiger partial charge < -0.3 is 5.73 Å². The van der Waals surface area contributed by atoms with E-state index in [0.29, 0.717) is 6.42 Å². The van der Waals surface area contributed by atoms with Gasteiger partial charge in [-0.3, -0.25) is 5.41 Å². The van der Waals surface area contributed by atoms with Gasteiger partial charge in [-0.2, -0.15) is 13.2 Å².